The number of hydrogen-bond donors (Lipinski definition) is 2. The Bertz CT molecular complexity index is 1250. The smallest absolute Gasteiger partial charge is 0.293 e. The number of anilines is 2. The van der Waals surface area contributed by atoms with Crippen LogP contribution in [0.4, 0.5) is 15.8 Å². The van der Waals surface area contributed by atoms with Gasteiger partial charge in [-0.1, -0.05) is 12.1 Å². The number of benzene rings is 3. The van der Waals surface area contributed by atoms with E-state index in [0.717, 1.165) is 0 Å². The fourth-order valence-corrected chi connectivity index (χ4v) is 3.05. The number of ether oxygens (including phenoxy) is 2. The number of amides is 2. The van der Waals surface area contributed by atoms with Gasteiger partial charge in [-0.2, -0.15) is 0 Å². The highest BCUT2D eigenvalue weighted by molar-refractivity contribution is 6.14. The fraction of sp³-hybridized carbons (Fsp3) is 0.0833. The van der Waals surface area contributed by atoms with Crippen LogP contribution in [0.2, 0.25) is 0 Å². The molecule has 7 nitrogen and oxygen atoms in total. The number of para-hydroxylation sites is 1. The van der Waals surface area contributed by atoms with Crippen molar-refractivity contribution < 1.29 is 27.9 Å². The molecule has 0 saturated heterocycles. The normalized spacial score (nSPS) is 10.6. The first-order valence-electron chi connectivity index (χ1n) is 9.68. The Balaban J connectivity index is 1.53. The number of methoxy groups -OCH3 is 1. The highest BCUT2D eigenvalue weighted by Gasteiger charge is 2.22. The second-order valence-corrected chi connectivity index (χ2v) is 6.78. The molecule has 8 heteroatoms. The standard InChI is InChI=1S/C24H19FN2O5/c1-30-17-12-8-16(9-13-17)26-24(29)23-22(19-4-2-3-5-20(19)32-23)27-21(28)14-31-18-10-6-15(25)7-11-18/h2-13H,14H2,1H3,(H,26,29)(H,27,28). The molecule has 0 fully saturated rings. The van der Waals surface area contributed by atoms with Gasteiger partial charge in [0.2, 0.25) is 5.76 Å². The van der Waals surface area contributed by atoms with Crippen LogP contribution in [0.15, 0.2) is 77.2 Å². The molecule has 4 rings (SSSR count). The SMILES string of the molecule is COc1ccc(NC(=O)c2oc3ccccc3c2NC(=O)COc2ccc(F)cc2)cc1. The third kappa shape index (κ3) is 4.70. The number of hydrogen-bond acceptors (Lipinski definition) is 5. The molecule has 0 aliphatic carbocycles. The molecule has 0 saturated carbocycles. The van der Waals surface area contributed by atoms with Crippen molar-refractivity contribution in [2.24, 2.45) is 0 Å². The summed E-state index contributed by atoms with van der Waals surface area (Å²) in [5.74, 6) is -0.478. The first-order chi connectivity index (χ1) is 15.5. The van der Waals surface area contributed by atoms with Crippen LogP contribution in [0.5, 0.6) is 11.5 Å². The zero-order valence-corrected chi connectivity index (χ0v) is 17.1. The van der Waals surface area contributed by atoms with E-state index in [1.807, 2.05) is 0 Å². The van der Waals surface area contributed by atoms with Crippen molar-refractivity contribution in [1.29, 1.82) is 0 Å². The molecule has 1 heterocycles. The molecule has 0 atom stereocenters. The zero-order chi connectivity index (χ0) is 22.5. The van der Waals surface area contributed by atoms with Crippen molar-refractivity contribution in [1.82, 2.24) is 0 Å². The van der Waals surface area contributed by atoms with Crippen molar-refractivity contribution in [2.45, 2.75) is 0 Å². The minimum Gasteiger partial charge on any atom is -0.497 e. The average molecular weight is 434 g/mol. The molecule has 4 aromatic rings. The molecule has 1 aromatic heterocycles. The minimum absolute atomic E-state index is 0.0443. The molecule has 2 amide bonds. The van der Waals surface area contributed by atoms with Crippen LogP contribution in [0.3, 0.4) is 0 Å². The molecule has 0 aliphatic rings. The predicted octanol–water partition coefficient (Wildman–Crippen LogP) is 4.85. The number of furan rings is 1. The van der Waals surface area contributed by atoms with Gasteiger partial charge in [0.25, 0.3) is 11.8 Å². The molecule has 3 aromatic carbocycles. The van der Waals surface area contributed by atoms with Crippen LogP contribution in [-0.4, -0.2) is 25.5 Å². The Morgan fingerprint density at radius 1 is 0.906 bits per heavy atom. The van der Waals surface area contributed by atoms with E-state index in [0.29, 0.717) is 28.2 Å². The van der Waals surface area contributed by atoms with E-state index in [1.165, 1.54) is 24.3 Å². The van der Waals surface area contributed by atoms with E-state index in [9.17, 15) is 14.0 Å². The van der Waals surface area contributed by atoms with Gasteiger partial charge in [0, 0.05) is 11.1 Å². The van der Waals surface area contributed by atoms with Crippen LogP contribution < -0.4 is 20.1 Å². The largest absolute Gasteiger partial charge is 0.497 e. The molecule has 2 N–H and O–H groups in total. The third-order valence-corrected chi connectivity index (χ3v) is 4.60. The molecular weight excluding hydrogens is 415 g/mol. The van der Waals surface area contributed by atoms with Gasteiger partial charge in [0.1, 0.15) is 28.6 Å². The molecule has 0 radical (unpaired) electrons. The number of carbonyl (C=O) groups is 2. The molecule has 162 valence electrons. The van der Waals surface area contributed by atoms with Gasteiger partial charge in [0.05, 0.1) is 7.11 Å². The summed E-state index contributed by atoms with van der Waals surface area (Å²) < 4.78 is 29.2. The van der Waals surface area contributed by atoms with Gasteiger partial charge < -0.3 is 24.5 Å². The summed E-state index contributed by atoms with van der Waals surface area (Å²) >= 11 is 0. The first-order valence-corrected chi connectivity index (χ1v) is 9.68. The maximum Gasteiger partial charge on any atom is 0.293 e. The Labute approximate surface area is 182 Å². The van der Waals surface area contributed by atoms with Crippen LogP contribution in [0.25, 0.3) is 11.0 Å². The number of fused-ring (bicyclic) bond motifs is 1. The molecule has 32 heavy (non-hydrogen) atoms. The number of halogens is 1. The summed E-state index contributed by atoms with van der Waals surface area (Å²) in [7, 11) is 1.55. The van der Waals surface area contributed by atoms with Crippen LogP contribution in [-0.2, 0) is 4.79 Å². The molecule has 0 aliphatic heterocycles. The summed E-state index contributed by atoms with van der Waals surface area (Å²) in [4.78, 5) is 25.4. The number of carbonyl (C=O) groups excluding carboxylic acids is 2. The van der Waals surface area contributed by atoms with Crippen LogP contribution in [0.1, 0.15) is 10.6 Å². The lowest BCUT2D eigenvalue weighted by Gasteiger charge is -2.09. The van der Waals surface area contributed by atoms with E-state index in [-0.39, 0.29) is 18.1 Å². The summed E-state index contributed by atoms with van der Waals surface area (Å²) in [5, 5.41) is 6.00. The second-order valence-electron chi connectivity index (χ2n) is 6.78. The highest BCUT2D eigenvalue weighted by Crippen LogP contribution is 2.31. The molecule has 0 unspecified atom stereocenters. The Morgan fingerprint density at radius 3 is 2.31 bits per heavy atom. The summed E-state index contributed by atoms with van der Waals surface area (Å²) in [6.07, 6.45) is 0. The van der Waals surface area contributed by atoms with Gasteiger partial charge >= 0.3 is 0 Å². The quantitative estimate of drug-likeness (QED) is 0.434. The zero-order valence-electron chi connectivity index (χ0n) is 17.1. The molecular formula is C24H19FN2O5. The Hall–Kier alpha value is -4.33. The number of nitrogens with one attached hydrogen (secondary N) is 2. The van der Waals surface area contributed by atoms with E-state index in [1.54, 1.807) is 55.6 Å². The third-order valence-electron chi connectivity index (χ3n) is 4.60. The van der Waals surface area contributed by atoms with E-state index in [2.05, 4.69) is 10.6 Å². The monoisotopic (exact) mass is 434 g/mol. The van der Waals surface area contributed by atoms with E-state index in [4.69, 9.17) is 13.9 Å². The van der Waals surface area contributed by atoms with Crippen LogP contribution in [0, 0.1) is 5.82 Å². The second kappa shape index (κ2) is 9.22. The van der Waals surface area contributed by atoms with Crippen molar-refractivity contribution >= 4 is 34.2 Å². The van der Waals surface area contributed by atoms with Crippen molar-refractivity contribution in [3.05, 3.63) is 84.4 Å². The Morgan fingerprint density at radius 2 is 1.59 bits per heavy atom. The van der Waals surface area contributed by atoms with Crippen molar-refractivity contribution in [3.63, 3.8) is 0 Å². The first kappa shape index (κ1) is 20.9. The van der Waals surface area contributed by atoms with Crippen LogP contribution >= 0.6 is 0 Å². The summed E-state index contributed by atoms with van der Waals surface area (Å²) in [6, 6.07) is 19.1. The maximum absolute atomic E-state index is 13.0. The fourth-order valence-electron chi connectivity index (χ4n) is 3.05. The van der Waals surface area contributed by atoms with Crippen molar-refractivity contribution in [2.75, 3.05) is 24.4 Å². The van der Waals surface area contributed by atoms with Gasteiger partial charge in [-0.15, -0.1) is 0 Å². The van der Waals surface area contributed by atoms with E-state index < -0.39 is 17.6 Å². The summed E-state index contributed by atoms with van der Waals surface area (Å²) in [5.41, 5.74) is 1.22. The lowest BCUT2D eigenvalue weighted by atomic mass is 10.2. The Kier molecular flexibility index (Phi) is 6.03. The van der Waals surface area contributed by atoms with Gasteiger partial charge in [-0.3, -0.25) is 9.59 Å². The molecule has 0 bridgehead atoms. The lowest BCUT2D eigenvalue weighted by Crippen LogP contribution is -2.22. The minimum atomic E-state index is -0.527. The topological polar surface area (TPSA) is 89.8 Å². The predicted molar refractivity (Wildman–Crippen MR) is 118 cm³/mol. The van der Waals surface area contributed by atoms with Gasteiger partial charge in [0.15, 0.2) is 6.61 Å². The van der Waals surface area contributed by atoms with E-state index >= 15 is 0 Å². The highest BCUT2D eigenvalue weighted by atomic mass is 19.1. The van der Waals surface area contributed by atoms with Gasteiger partial charge in [-0.25, -0.2) is 4.39 Å². The lowest BCUT2D eigenvalue weighted by molar-refractivity contribution is -0.118. The average Bonchev–Trinajstić information content (AvgIpc) is 3.18. The maximum atomic E-state index is 13.0. The van der Waals surface area contributed by atoms with Crippen molar-refractivity contribution in [3.8, 4) is 11.5 Å². The molecule has 0 spiro atoms. The number of rotatable bonds is 7. The van der Waals surface area contributed by atoms with Gasteiger partial charge in [-0.05, 0) is 60.7 Å². The summed E-state index contributed by atoms with van der Waals surface area (Å²) in [6.45, 7) is -0.329.